The molecule has 3 rings (SSSR count). The minimum absolute atomic E-state index is 0.119. The third kappa shape index (κ3) is 3.29. The fraction of sp³-hybridized carbons (Fsp3) is 0.529. The zero-order chi connectivity index (χ0) is 16.4. The molecule has 1 fully saturated rings. The normalized spacial score (nSPS) is 19.2. The van der Waals surface area contributed by atoms with E-state index in [0.717, 1.165) is 5.56 Å². The molecular formula is C17H20ClNO4. The molecule has 23 heavy (non-hydrogen) atoms. The Morgan fingerprint density at radius 3 is 2.83 bits per heavy atom. The zero-order valence-corrected chi connectivity index (χ0v) is 13.9. The molecule has 0 aliphatic carbocycles. The molecule has 2 aliphatic rings. The van der Waals surface area contributed by atoms with Crippen LogP contribution in [0.15, 0.2) is 18.2 Å². The van der Waals surface area contributed by atoms with Gasteiger partial charge in [0.2, 0.25) is 0 Å². The summed E-state index contributed by atoms with van der Waals surface area (Å²) in [5.74, 6) is 1.07. The molecule has 6 heteroatoms. The number of carbonyl (C=O) groups is 2. The SMILES string of the molecule is Cc1ccc2c(c1)C(=O)CC1(CCN(C(=O)OCCCl)CC1)O2. The first-order valence-electron chi connectivity index (χ1n) is 7.83. The zero-order valence-electron chi connectivity index (χ0n) is 13.1. The Bertz CT molecular complexity index is 623. The topological polar surface area (TPSA) is 55.8 Å². The van der Waals surface area contributed by atoms with Gasteiger partial charge in [0.25, 0.3) is 0 Å². The van der Waals surface area contributed by atoms with E-state index in [2.05, 4.69) is 0 Å². The Hall–Kier alpha value is -1.75. The number of nitrogens with zero attached hydrogens (tertiary/aromatic N) is 1. The van der Waals surface area contributed by atoms with Crippen molar-refractivity contribution in [1.82, 2.24) is 4.90 Å². The highest BCUT2D eigenvalue weighted by Gasteiger charge is 2.43. The van der Waals surface area contributed by atoms with Gasteiger partial charge in [0.1, 0.15) is 18.0 Å². The molecule has 0 atom stereocenters. The van der Waals surface area contributed by atoms with Gasteiger partial charge in [-0.15, -0.1) is 11.6 Å². The van der Waals surface area contributed by atoms with Gasteiger partial charge in [-0.25, -0.2) is 4.79 Å². The Morgan fingerprint density at radius 1 is 1.39 bits per heavy atom. The highest BCUT2D eigenvalue weighted by atomic mass is 35.5. The van der Waals surface area contributed by atoms with Crippen molar-refractivity contribution >= 4 is 23.5 Å². The monoisotopic (exact) mass is 337 g/mol. The maximum atomic E-state index is 12.5. The summed E-state index contributed by atoms with van der Waals surface area (Å²) in [4.78, 5) is 26.0. The van der Waals surface area contributed by atoms with Gasteiger partial charge in [0, 0.05) is 25.9 Å². The van der Waals surface area contributed by atoms with Crippen molar-refractivity contribution < 1.29 is 19.1 Å². The molecule has 5 nitrogen and oxygen atoms in total. The lowest BCUT2D eigenvalue weighted by Gasteiger charge is -2.43. The Balaban J connectivity index is 1.68. The number of fused-ring (bicyclic) bond motifs is 1. The summed E-state index contributed by atoms with van der Waals surface area (Å²) in [6.07, 6.45) is 1.27. The number of carbonyl (C=O) groups excluding carboxylic acids is 2. The number of amides is 1. The maximum absolute atomic E-state index is 12.5. The molecule has 1 aromatic carbocycles. The molecule has 124 valence electrons. The van der Waals surface area contributed by atoms with Gasteiger partial charge in [0.05, 0.1) is 17.9 Å². The molecule has 0 aromatic heterocycles. The molecule has 1 saturated heterocycles. The number of Topliss-reactive ketones (excluding diaryl/α,β-unsaturated/α-hetero) is 1. The quantitative estimate of drug-likeness (QED) is 0.778. The predicted octanol–water partition coefficient (Wildman–Crippen LogP) is 3.17. The third-order valence-electron chi connectivity index (χ3n) is 4.48. The van der Waals surface area contributed by atoms with Crippen molar-refractivity contribution in [3.8, 4) is 5.75 Å². The van der Waals surface area contributed by atoms with Crippen molar-refractivity contribution in [2.75, 3.05) is 25.6 Å². The number of ketones is 1. The fourth-order valence-electron chi connectivity index (χ4n) is 3.20. The van der Waals surface area contributed by atoms with Gasteiger partial charge in [-0.3, -0.25) is 4.79 Å². The van der Waals surface area contributed by atoms with E-state index in [0.29, 0.717) is 43.7 Å². The molecule has 1 spiro atoms. The molecule has 1 aromatic rings. The van der Waals surface area contributed by atoms with Crippen LogP contribution in [0.5, 0.6) is 5.75 Å². The Labute approximate surface area is 140 Å². The van der Waals surface area contributed by atoms with Gasteiger partial charge in [-0.1, -0.05) is 11.6 Å². The Kier molecular flexibility index (Phi) is 4.48. The van der Waals surface area contributed by atoms with Crippen LogP contribution < -0.4 is 4.74 Å². The maximum Gasteiger partial charge on any atom is 0.409 e. The number of ether oxygens (including phenoxy) is 2. The highest BCUT2D eigenvalue weighted by molar-refractivity contribution is 6.18. The highest BCUT2D eigenvalue weighted by Crippen LogP contribution is 2.39. The average molecular weight is 338 g/mol. The second-order valence-corrected chi connectivity index (χ2v) is 6.55. The number of halogens is 1. The summed E-state index contributed by atoms with van der Waals surface area (Å²) in [6, 6.07) is 5.69. The number of likely N-dealkylation sites (tertiary alicyclic amines) is 1. The molecule has 0 radical (unpaired) electrons. The molecule has 0 N–H and O–H groups in total. The van der Waals surface area contributed by atoms with Crippen LogP contribution >= 0.6 is 11.6 Å². The van der Waals surface area contributed by atoms with Crippen LogP contribution in [-0.2, 0) is 4.74 Å². The van der Waals surface area contributed by atoms with Crippen molar-refractivity contribution in [3.63, 3.8) is 0 Å². The number of aryl methyl sites for hydroxylation is 1. The summed E-state index contributed by atoms with van der Waals surface area (Å²) in [5, 5.41) is 0. The van der Waals surface area contributed by atoms with Crippen LogP contribution in [0.4, 0.5) is 4.79 Å². The van der Waals surface area contributed by atoms with Crippen molar-refractivity contribution in [3.05, 3.63) is 29.3 Å². The number of piperidine rings is 1. The first-order valence-corrected chi connectivity index (χ1v) is 8.37. The molecule has 1 amide bonds. The molecule has 0 saturated carbocycles. The minimum Gasteiger partial charge on any atom is -0.486 e. The smallest absolute Gasteiger partial charge is 0.409 e. The molecule has 0 unspecified atom stereocenters. The van der Waals surface area contributed by atoms with Gasteiger partial charge >= 0.3 is 6.09 Å². The lowest BCUT2D eigenvalue weighted by Crippen LogP contribution is -2.52. The van der Waals surface area contributed by atoms with Crippen LogP contribution in [-0.4, -0.2) is 48.0 Å². The number of hydrogen-bond donors (Lipinski definition) is 0. The van der Waals surface area contributed by atoms with E-state index in [-0.39, 0.29) is 24.4 Å². The van der Waals surface area contributed by atoms with Crippen LogP contribution in [0, 0.1) is 6.92 Å². The minimum atomic E-state index is -0.497. The van der Waals surface area contributed by atoms with Crippen LogP contribution in [0.2, 0.25) is 0 Å². The fourth-order valence-corrected chi connectivity index (χ4v) is 3.28. The Morgan fingerprint density at radius 2 is 2.13 bits per heavy atom. The van der Waals surface area contributed by atoms with E-state index >= 15 is 0 Å². The van der Waals surface area contributed by atoms with Crippen LogP contribution in [0.1, 0.15) is 35.2 Å². The van der Waals surface area contributed by atoms with Gasteiger partial charge in [-0.2, -0.15) is 0 Å². The number of alkyl halides is 1. The number of benzene rings is 1. The summed E-state index contributed by atoms with van der Waals surface area (Å²) in [6.45, 7) is 3.22. The molecule has 0 bridgehead atoms. The largest absolute Gasteiger partial charge is 0.486 e. The number of hydrogen-bond acceptors (Lipinski definition) is 4. The summed E-state index contributed by atoms with van der Waals surface area (Å²) < 4.78 is 11.2. The van der Waals surface area contributed by atoms with Crippen molar-refractivity contribution in [2.24, 2.45) is 0 Å². The average Bonchev–Trinajstić information content (AvgIpc) is 2.54. The van der Waals surface area contributed by atoms with Gasteiger partial charge < -0.3 is 14.4 Å². The summed E-state index contributed by atoms with van der Waals surface area (Å²) in [5.41, 5.74) is 1.22. The van der Waals surface area contributed by atoms with E-state index in [4.69, 9.17) is 21.1 Å². The van der Waals surface area contributed by atoms with Crippen LogP contribution in [0.3, 0.4) is 0 Å². The molecule has 2 heterocycles. The predicted molar refractivity (Wildman–Crippen MR) is 86.4 cm³/mol. The summed E-state index contributed by atoms with van der Waals surface area (Å²) in [7, 11) is 0. The first-order chi connectivity index (χ1) is 11.0. The van der Waals surface area contributed by atoms with E-state index in [9.17, 15) is 9.59 Å². The lowest BCUT2D eigenvalue weighted by atomic mass is 9.82. The van der Waals surface area contributed by atoms with E-state index < -0.39 is 5.60 Å². The molecular weight excluding hydrogens is 318 g/mol. The molecule has 2 aliphatic heterocycles. The first kappa shape index (κ1) is 16.1. The van der Waals surface area contributed by atoms with Crippen molar-refractivity contribution in [1.29, 1.82) is 0 Å². The standard InChI is InChI=1S/C17H20ClNO4/c1-12-2-3-15-13(10-12)14(20)11-17(23-15)4-7-19(8-5-17)16(21)22-9-6-18/h2-3,10H,4-9,11H2,1H3. The van der Waals surface area contributed by atoms with Crippen molar-refractivity contribution in [2.45, 2.75) is 31.8 Å². The lowest BCUT2D eigenvalue weighted by molar-refractivity contribution is -0.00855. The van der Waals surface area contributed by atoms with Gasteiger partial charge in [0.15, 0.2) is 5.78 Å². The second-order valence-electron chi connectivity index (χ2n) is 6.18. The van der Waals surface area contributed by atoms with E-state index in [1.807, 2.05) is 25.1 Å². The van der Waals surface area contributed by atoms with E-state index in [1.165, 1.54) is 0 Å². The van der Waals surface area contributed by atoms with Gasteiger partial charge in [-0.05, 0) is 19.1 Å². The second kappa shape index (κ2) is 6.40. The van der Waals surface area contributed by atoms with E-state index in [1.54, 1.807) is 4.90 Å². The number of rotatable bonds is 2. The summed E-state index contributed by atoms with van der Waals surface area (Å²) >= 11 is 5.52. The van der Waals surface area contributed by atoms with Crippen LogP contribution in [0.25, 0.3) is 0 Å². The third-order valence-corrected chi connectivity index (χ3v) is 4.63.